The number of amides is 1. The molecule has 1 aromatic carbocycles. The van der Waals surface area contributed by atoms with E-state index in [1.807, 2.05) is 53.6 Å². The molecule has 4 nitrogen and oxygen atoms in total. The Morgan fingerprint density at radius 3 is 2.58 bits per heavy atom. The summed E-state index contributed by atoms with van der Waals surface area (Å²) in [6.45, 7) is 4.10. The summed E-state index contributed by atoms with van der Waals surface area (Å²) in [6.07, 6.45) is 2.36. The largest absolute Gasteiger partial charge is 0.490 e. The fourth-order valence-electron chi connectivity index (χ4n) is 2.90. The number of piperidine rings is 1. The lowest BCUT2D eigenvalue weighted by atomic mass is 10.1. The molecule has 5 heteroatoms. The number of thiophene rings is 1. The third kappa shape index (κ3) is 4.29. The molecule has 0 radical (unpaired) electrons. The molecule has 1 aromatic heterocycles. The zero-order chi connectivity index (χ0) is 16.8. The maximum absolute atomic E-state index is 12.3. The zero-order valence-corrected chi connectivity index (χ0v) is 14.8. The van der Waals surface area contributed by atoms with E-state index in [9.17, 15) is 4.79 Å². The quantitative estimate of drug-likeness (QED) is 0.800. The number of hydrogen-bond acceptors (Lipinski definition) is 4. The second-order valence-electron chi connectivity index (χ2n) is 5.83. The molecule has 1 saturated heterocycles. The minimum atomic E-state index is 0.136. The van der Waals surface area contributed by atoms with Gasteiger partial charge in [-0.25, -0.2) is 0 Å². The van der Waals surface area contributed by atoms with Crippen LogP contribution in [0.25, 0.3) is 0 Å². The van der Waals surface area contributed by atoms with Crippen LogP contribution in [0, 0.1) is 0 Å². The molecular weight excluding hydrogens is 322 g/mol. The van der Waals surface area contributed by atoms with E-state index in [0.717, 1.165) is 42.3 Å². The summed E-state index contributed by atoms with van der Waals surface area (Å²) in [5.41, 5.74) is 0. The van der Waals surface area contributed by atoms with Gasteiger partial charge in [0.25, 0.3) is 0 Å². The van der Waals surface area contributed by atoms with E-state index in [2.05, 4.69) is 0 Å². The van der Waals surface area contributed by atoms with Crippen LogP contribution in [0.1, 0.15) is 24.6 Å². The Morgan fingerprint density at radius 1 is 1.17 bits per heavy atom. The smallest absolute Gasteiger partial charge is 0.227 e. The molecule has 0 aliphatic carbocycles. The standard InChI is InChI=1S/C19H23NO3S/c1-2-22-17-7-3-4-8-18(17)23-15-9-11-20(12-10-15)19(21)14-16-6-5-13-24-16/h3-8,13,15H,2,9-12,14H2,1H3. The summed E-state index contributed by atoms with van der Waals surface area (Å²) >= 11 is 1.64. The normalized spacial score (nSPS) is 15.3. The molecule has 0 bridgehead atoms. The van der Waals surface area contributed by atoms with Crippen LogP contribution >= 0.6 is 11.3 Å². The maximum atomic E-state index is 12.3. The summed E-state index contributed by atoms with van der Waals surface area (Å²) in [5, 5.41) is 2.01. The van der Waals surface area contributed by atoms with E-state index < -0.39 is 0 Å². The summed E-state index contributed by atoms with van der Waals surface area (Å²) in [4.78, 5) is 15.4. The Hall–Kier alpha value is -2.01. The molecule has 2 heterocycles. The second-order valence-corrected chi connectivity index (χ2v) is 6.87. The van der Waals surface area contributed by atoms with Crippen LogP contribution in [0.2, 0.25) is 0 Å². The first-order chi connectivity index (χ1) is 11.8. The van der Waals surface area contributed by atoms with Crippen molar-refractivity contribution in [1.29, 1.82) is 0 Å². The molecule has 1 aliphatic heterocycles. The first-order valence-corrected chi connectivity index (χ1v) is 9.33. The van der Waals surface area contributed by atoms with Crippen LogP contribution in [0.15, 0.2) is 41.8 Å². The van der Waals surface area contributed by atoms with Gasteiger partial charge in [0.15, 0.2) is 11.5 Å². The summed E-state index contributed by atoms with van der Waals surface area (Å²) in [6, 6.07) is 11.8. The predicted molar refractivity (Wildman–Crippen MR) is 95.9 cm³/mol. The van der Waals surface area contributed by atoms with Crippen LogP contribution in [0.4, 0.5) is 0 Å². The molecule has 24 heavy (non-hydrogen) atoms. The Morgan fingerprint density at radius 2 is 1.92 bits per heavy atom. The Balaban J connectivity index is 1.51. The fourth-order valence-corrected chi connectivity index (χ4v) is 3.59. The summed E-state index contributed by atoms with van der Waals surface area (Å²) < 4.78 is 11.7. The van der Waals surface area contributed by atoms with E-state index in [0.29, 0.717) is 13.0 Å². The number of benzene rings is 1. The highest BCUT2D eigenvalue weighted by atomic mass is 32.1. The van der Waals surface area contributed by atoms with Gasteiger partial charge >= 0.3 is 0 Å². The van der Waals surface area contributed by atoms with Crippen LogP contribution < -0.4 is 9.47 Å². The van der Waals surface area contributed by atoms with Crippen molar-refractivity contribution in [3.8, 4) is 11.5 Å². The highest BCUT2D eigenvalue weighted by Crippen LogP contribution is 2.29. The van der Waals surface area contributed by atoms with E-state index in [1.54, 1.807) is 11.3 Å². The zero-order valence-electron chi connectivity index (χ0n) is 13.9. The van der Waals surface area contributed by atoms with Gasteiger partial charge in [-0.3, -0.25) is 4.79 Å². The molecule has 2 aromatic rings. The predicted octanol–water partition coefficient (Wildman–Crippen LogP) is 3.76. The number of para-hydroxylation sites is 2. The highest BCUT2D eigenvalue weighted by Gasteiger charge is 2.24. The lowest BCUT2D eigenvalue weighted by Crippen LogP contribution is -2.42. The third-order valence-electron chi connectivity index (χ3n) is 4.14. The van der Waals surface area contributed by atoms with Gasteiger partial charge < -0.3 is 14.4 Å². The molecule has 0 N–H and O–H groups in total. The average molecular weight is 345 g/mol. The monoisotopic (exact) mass is 345 g/mol. The molecule has 0 unspecified atom stereocenters. The first-order valence-electron chi connectivity index (χ1n) is 8.45. The lowest BCUT2D eigenvalue weighted by molar-refractivity contribution is -0.132. The molecule has 3 rings (SSSR count). The molecule has 0 saturated carbocycles. The van der Waals surface area contributed by atoms with Crippen molar-refractivity contribution in [2.24, 2.45) is 0 Å². The number of ether oxygens (including phenoxy) is 2. The molecule has 1 fully saturated rings. The number of carbonyl (C=O) groups is 1. The van der Waals surface area contributed by atoms with Gasteiger partial charge in [-0.1, -0.05) is 18.2 Å². The SMILES string of the molecule is CCOc1ccccc1OC1CCN(C(=O)Cc2cccs2)CC1. The third-order valence-corrected chi connectivity index (χ3v) is 5.02. The first kappa shape index (κ1) is 16.8. The lowest BCUT2D eigenvalue weighted by Gasteiger charge is -2.32. The molecule has 1 amide bonds. The van der Waals surface area contributed by atoms with E-state index in [4.69, 9.17) is 9.47 Å². The topological polar surface area (TPSA) is 38.8 Å². The van der Waals surface area contributed by atoms with Gasteiger partial charge in [0, 0.05) is 30.8 Å². The Labute approximate surface area is 147 Å². The van der Waals surface area contributed by atoms with Crippen molar-refractivity contribution in [2.75, 3.05) is 19.7 Å². The molecule has 1 aliphatic rings. The minimum Gasteiger partial charge on any atom is -0.490 e. The van der Waals surface area contributed by atoms with Gasteiger partial charge in [-0.15, -0.1) is 11.3 Å². The number of hydrogen-bond donors (Lipinski definition) is 0. The minimum absolute atomic E-state index is 0.136. The summed E-state index contributed by atoms with van der Waals surface area (Å²) in [5.74, 6) is 1.80. The van der Waals surface area contributed by atoms with Crippen molar-refractivity contribution in [3.63, 3.8) is 0 Å². The van der Waals surface area contributed by atoms with Gasteiger partial charge in [0.05, 0.1) is 13.0 Å². The number of rotatable bonds is 6. The van der Waals surface area contributed by atoms with Crippen molar-refractivity contribution >= 4 is 17.2 Å². The van der Waals surface area contributed by atoms with Gasteiger partial charge in [-0.05, 0) is 30.5 Å². The number of carbonyl (C=O) groups excluding carboxylic acids is 1. The Bertz CT molecular complexity index is 648. The van der Waals surface area contributed by atoms with Crippen LogP contribution in [0.5, 0.6) is 11.5 Å². The van der Waals surface area contributed by atoms with Crippen LogP contribution in [0.3, 0.4) is 0 Å². The van der Waals surface area contributed by atoms with Crippen molar-refractivity contribution in [2.45, 2.75) is 32.3 Å². The molecule has 0 atom stereocenters. The van der Waals surface area contributed by atoms with Crippen LogP contribution in [-0.2, 0) is 11.2 Å². The summed E-state index contributed by atoms with van der Waals surface area (Å²) in [7, 11) is 0. The van der Waals surface area contributed by atoms with Gasteiger partial charge in [-0.2, -0.15) is 0 Å². The molecule has 0 spiro atoms. The van der Waals surface area contributed by atoms with E-state index in [-0.39, 0.29) is 12.0 Å². The van der Waals surface area contributed by atoms with Crippen molar-refractivity contribution in [1.82, 2.24) is 4.90 Å². The average Bonchev–Trinajstić information content (AvgIpc) is 3.10. The van der Waals surface area contributed by atoms with Crippen molar-refractivity contribution in [3.05, 3.63) is 46.7 Å². The van der Waals surface area contributed by atoms with Crippen molar-refractivity contribution < 1.29 is 14.3 Å². The number of likely N-dealkylation sites (tertiary alicyclic amines) is 1. The van der Waals surface area contributed by atoms with Gasteiger partial charge in [0.1, 0.15) is 6.10 Å². The maximum Gasteiger partial charge on any atom is 0.227 e. The van der Waals surface area contributed by atoms with Gasteiger partial charge in [0.2, 0.25) is 5.91 Å². The Kier molecular flexibility index (Phi) is 5.75. The second kappa shape index (κ2) is 8.20. The fraction of sp³-hybridized carbons (Fsp3) is 0.421. The van der Waals surface area contributed by atoms with Crippen LogP contribution in [-0.4, -0.2) is 36.6 Å². The highest BCUT2D eigenvalue weighted by molar-refractivity contribution is 7.10. The molecule has 128 valence electrons. The number of nitrogens with zero attached hydrogens (tertiary/aromatic N) is 1. The van der Waals surface area contributed by atoms with E-state index in [1.165, 1.54) is 0 Å². The molecular formula is C19H23NO3S. The van der Waals surface area contributed by atoms with E-state index >= 15 is 0 Å².